The van der Waals surface area contributed by atoms with E-state index < -0.39 is 5.79 Å². The first-order valence-electron chi connectivity index (χ1n) is 3.18. The van der Waals surface area contributed by atoms with E-state index in [1.54, 1.807) is 11.8 Å². The topological polar surface area (TPSA) is 18.5 Å². The quantitative estimate of drug-likeness (QED) is 0.586. The van der Waals surface area contributed by atoms with E-state index in [-0.39, 0.29) is 0 Å². The van der Waals surface area contributed by atoms with E-state index in [0.29, 0.717) is 0 Å². The van der Waals surface area contributed by atoms with Crippen LogP contribution in [0.5, 0.6) is 0 Å². The molecule has 3 heteroatoms. The van der Waals surface area contributed by atoms with E-state index in [1.807, 2.05) is 27.0 Å². The van der Waals surface area contributed by atoms with Gasteiger partial charge in [0.2, 0.25) is 5.79 Å². The maximum absolute atomic E-state index is 5.43. The fraction of sp³-hybridized carbons (Fsp3) is 0.714. The second-order valence-corrected chi connectivity index (χ2v) is 3.43. The van der Waals surface area contributed by atoms with Gasteiger partial charge in [-0.05, 0) is 13.2 Å². The average Bonchev–Trinajstić information content (AvgIpc) is 2.05. The standard InChI is InChI=1S/C7H12O2S/c1-5-6(10-4)9-7(2,3)8-5/h1-4H3. The van der Waals surface area contributed by atoms with Crippen LogP contribution in [0, 0.1) is 0 Å². The molecule has 0 bridgehead atoms. The molecule has 1 heterocycles. The van der Waals surface area contributed by atoms with Crippen LogP contribution in [0.25, 0.3) is 0 Å². The SMILES string of the molecule is CSC1=C(C)OC(C)(C)O1. The van der Waals surface area contributed by atoms with Crippen molar-refractivity contribution in [1.29, 1.82) is 0 Å². The van der Waals surface area contributed by atoms with Gasteiger partial charge in [0.05, 0.1) is 0 Å². The largest absolute Gasteiger partial charge is 0.453 e. The van der Waals surface area contributed by atoms with Crippen LogP contribution in [0.15, 0.2) is 10.9 Å². The molecule has 1 aliphatic rings. The highest BCUT2D eigenvalue weighted by molar-refractivity contribution is 8.02. The highest BCUT2D eigenvalue weighted by atomic mass is 32.2. The maximum atomic E-state index is 5.43. The molecule has 0 fully saturated rings. The first-order chi connectivity index (χ1) is 4.55. The molecule has 0 atom stereocenters. The summed E-state index contributed by atoms with van der Waals surface area (Å²) in [6, 6.07) is 0. The third-order valence-corrected chi connectivity index (χ3v) is 1.95. The first kappa shape index (κ1) is 7.79. The molecule has 2 nitrogen and oxygen atoms in total. The summed E-state index contributed by atoms with van der Waals surface area (Å²) >= 11 is 1.58. The fourth-order valence-electron chi connectivity index (χ4n) is 0.912. The molecule has 0 amide bonds. The van der Waals surface area contributed by atoms with Gasteiger partial charge in [-0.25, -0.2) is 0 Å². The lowest BCUT2D eigenvalue weighted by molar-refractivity contribution is -0.117. The second-order valence-electron chi connectivity index (χ2n) is 2.65. The molecule has 0 aromatic carbocycles. The molecule has 0 saturated heterocycles. The molecule has 0 radical (unpaired) electrons. The minimum absolute atomic E-state index is 0.456. The van der Waals surface area contributed by atoms with E-state index >= 15 is 0 Å². The summed E-state index contributed by atoms with van der Waals surface area (Å²) in [5.74, 6) is 0.431. The second kappa shape index (κ2) is 2.38. The number of hydrogen-bond donors (Lipinski definition) is 0. The van der Waals surface area contributed by atoms with Gasteiger partial charge in [0.15, 0.2) is 5.09 Å². The Balaban J connectivity index is 2.68. The normalized spacial score (nSPS) is 22.4. The van der Waals surface area contributed by atoms with E-state index in [1.165, 1.54) is 0 Å². The zero-order valence-corrected chi connectivity index (χ0v) is 7.54. The highest BCUT2D eigenvalue weighted by Crippen LogP contribution is 2.34. The number of rotatable bonds is 1. The summed E-state index contributed by atoms with van der Waals surface area (Å²) in [5.41, 5.74) is 0. The monoisotopic (exact) mass is 160 g/mol. The predicted molar refractivity (Wildman–Crippen MR) is 42.5 cm³/mol. The molecule has 0 aliphatic carbocycles. The molecule has 58 valence electrons. The molecular formula is C7H12O2S. The summed E-state index contributed by atoms with van der Waals surface area (Å²) < 4.78 is 10.8. The summed E-state index contributed by atoms with van der Waals surface area (Å²) in [4.78, 5) is 0. The Morgan fingerprint density at radius 3 is 2.10 bits per heavy atom. The Kier molecular flexibility index (Phi) is 1.86. The summed E-state index contributed by atoms with van der Waals surface area (Å²) in [6.45, 7) is 5.72. The van der Waals surface area contributed by atoms with Crippen LogP contribution in [0.2, 0.25) is 0 Å². The minimum atomic E-state index is -0.456. The Bertz CT molecular complexity index is 172. The summed E-state index contributed by atoms with van der Waals surface area (Å²) in [5, 5.41) is 0.894. The molecule has 0 aromatic rings. The van der Waals surface area contributed by atoms with Crippen molar-refractivity contribution < 1.29 is 9.47 Å². The van der Waals surface area contributed by atoms with Gasteiger partial charge in [0.1, 0.15) is 5.76 Å². The zero-order chi connectivity index (χ0) is 7.78. The van der Waals surface area contributed by atoms with Crippen molar-refractivity contribution in [3.8, 4) is 0 Å². The lowest BCUT2D eigenvalue weighted by Gasteiger charge is -2.17. The molecule has 0 spiro atoms. The van der Waals surface area contributed by atoms with E-state index in [9.17, 15) is 0 Å². The number of allylic oxidation sites excluding steroid dienone is 1. The van der Waals surface area contributed by atoms with Crippen LogP contribution in [0.4, 0.5) is 0 Å². The van der Waals surface area contributed by atoms with Gasteiger partial charge in [-0.15, -0.1) is 0 Å². The number of hydrogen-bond acceptors (Lipinski definition) is 3. The van der Waals surface area contributed by atoms with E-state index in [0.717, 1.165) is 10.9 Å². The molecule has 1 rings (SSSR count). The first-order valence-corrected chi connectivity index (χ1v) is 4.40. The van der Waals surface area contributed by atoms with E-state index in [4.69, 9.17) is 9.47 Å². The van der Waals surface area contributed by atoms with Gasteiger partial charge in [-0.2, -0.15) is 0 Å². The maximum Gasteiger partial charge on any atom is 0.246 e. The van der Waals surface area contributed by atoms with Crippen LogP contribution in [0.1, 0.15) is 20.8 Å². The van der Waals surface area contributed by atoms with Gasteiger partial charge in [0, 0.05) is 13.8 Å². The van der Waals surface area contributed by atoms with Crippen LogP contribution in [-0.2, 0) is 9.47 Å². The molecule has 0 N–H and O–H groups in total. The lowest BCUT2D eigenvalue weighted by atomic mass is 10.4. The molecular weight excluding hydrogens is 148 g/mol. The van der Waals surface area contributed by atoms with Crippen molar-refractivity contribution in [1.82, 2.24) is 0 Å². The van der Waals surface area contributed by atoms with Gasteiger partial charge >= 0.3 is 0 Å². The third-order valence-electron chi connectivity index (χ3n) is 1.21. The van der Waals surface area contributed by atoms with Gasteiger partial charge < -0.3 is 9.47 Å². The summed E-state index contributed by atoms with van der Waals surface area (Å²) in [6.07, 6.45) is 1.98. The Hall–Kier alpha value is -0.310. The van der Waals surface area contributed by atoms with Gasteiger partial charge in [0.25, 0.3) is 0 Å². The third kappa shape index (κ3) is 1.40. The fourth-order valence-corrected chi connectivity index (χ4v) is 1.52. The molecule has 10 heavy (non-hydrogen) atoms. The van der Waals surface area contributed by atoms with Crippen molar-refractivity contribution in [3.63, 3.8) is 0 Å². The van der Waals surface area contributed by atoms with Crippen molar-refractivity contribution >= 4 is 11.8 Å². The minimum Gasteiger partial charge on any atom is -0.453 e. The summed E-state index contributed by atoms with van der Waals surface area (Å²) in [7, 11) is 0. The highest BCUT2D eigenvalue weighted by Gasteiger charge is 2.31. The molecule has 1 aliphatic heterocycles. The van der Waals surface area contributed by atoms with E-state index in [2.05, 4.69) is 0 Å². The van der Waals surface area contributed by atoms with Crippen molar-refractivity contribution in [3.05, 3.63) is 10.9 Å². The van der Waals surface area contributed by atoms with Gasteiger partial charge in [-0.3, -0.25) is 0 Å². The van der Waals surface area contributed by atoms with Crippen LogP contribution in [0.3, 0.4) is 0 Å². The predicted octanol–water partition coefficient (Wildman–Crippen LogP) is 2.32. The molecule has 0 aromatic heterocycles. The zero-order valence-electron chi connectivity index (χ0n) is 6.72. The average molecular weight is 160 g/mol. The van der Waals surface area contributed by atoms with Crippen molar-refractivity contribution in [2.24, 2.45) is 0 Å². The lowest BCUT2D eigenvalue weighted by Crippen LogP contribution is -2.20. The Morgan fingerprint density at radius 1 is 1.30 bits per heavy atom. The van der Waals surface area contributed by atoms with Crippen molar-refractivity contribution in [2.45, 2.75) is 26.6 Å². The van der Waals surface area contributed by atoms with Crippen LogP contribution < -0.4 is 0 Å². The number of thioether (sulfide) groups is 1. The van der Waals surface area contributed by atoms with Crippen LogP contribution in [-0.4, -0.2) is 12.0 Å². The molecule has 0 unspecified atom stereocenters. The number of ether oxygens (including phenoxy) is 2. The van der Waals surface area contributed by atoms with Gasteiger partial charge in [-0.1, -0.05) is 11.8 Å². The Morgan fingerprint density at radius 2 is 1.90 bits per heavy atom. The molecule has 0 saturated carbocycles. The van der Waals surface area contributed by atoms with Crippen LogP contribution >= 0.6 is 11.8 Å². The van der Waals surface area contributed by atoms with Crippen molar-refractivity contribution in [2.75, 3.05) is 6.26 Å². The smallest absolute Gasteiger partial charge is 0.246 e. The Labute approximate surface area is 65.6 Å².